The molecule has 0 aliphatic rings. The molecular formula is C8H12N2O6. The third-order valence-corrected chi connectivity index (χ3v) is 1.49. The van der Waals surface area contributed by atoms with Crippen molar-refractivity contribution in [1.82, 2.24) is 10.6 Å². The average molecular weight is 232 g/mol. The largest absolute Gasteiger partial charge is 0.481 e. The summed E-state index contributed by atoms with van der Waals surface area (Å²) in [6.45, 7) is 0.494. The molecule has 0 aliphatic carbocycles. The molecular weight excluding hydrogens is 220 g/mol. The van der Waals surface area contributed by atoms with Gasteiger partial charge in [-0.15, -0.1) is 0 Å². The zero-order valence-corrected chi connectivity index (χ0v) is 8.52. The maximum absolute atomic E-state index is 11.3. The molecule has 8 nitrogen and oxygen atoms in total. The van der Waals surface area contributed by atoms with E-state index in [9.17, 15) is 19.2 Å². The second-order valence-electron chi connectivity index (χ2n) is 2.96. The van der Waals surface area contributed by atoms with Crippen LogP contribution in [0.4, 0.5) is 0 Å². The summed E-state index contributed by atoms with van der Waals surface area (Å²) in [5.74, 6) is -3.95. The lowest BCUT2D eigenvalue weighted by molar-refractivity contribution is -0.141. The molecule has 8 heteroatoms. The molecule has 0 aromatic rings. The van der Waals surface area contributed by atoms with E-state index in [4.69, 9.17) is 10.2 Å². The van der Waals surface area contributed by atoms with Gasteiger partial charge in [-0.25, -0.2) is 0 Å². The van der Waals surface area contributed by atoms with Gasteiger partial charge in [0.2, 0.25) is 11.8 Å². The molecule has 0 fully saturated rings. The van der Waals surface area contributed by atoms with Crippen LogP contribution in [0, 0.1) is 0 Å². The van der Waals surface area contributed by atoms with Crippen molar-refractivity contribution in [2.45, 2.75) is 19.4 Å². The van der Waals surface area contributed by atoms with Gasteiger partial charge in [-0.05, 0) is 0 Å². The van der Waals surface area contributed by atoms with Crippen LogP contribution >= 0.6 is 0 Å². The van der Waals surface area contributed by atoms with Gasteiger partial charge in [-0.1, -0.05) is 0 Å². The Morgan fingerprint density at radius 2 is 1.69 bits per heavy atom. The Hall–Kier alpha value is -2.12. The summed E-state index contributed by atoms with van der Waals surface area (Å²) in [7, 11) is 0. The molecule has 0 bridgehead atoms. The number of amides is 2. The van der Waals surface area contributed by atoms with Gasteiger partial charge in [0.15, 0.2) is 0 Å². The maximum atomic E-state index is 11.3. The predicted octanol–water partition coefficient (Wildman–Crippen LogP) is -1.83. The molecule has 0 aromatic heterocycles. The molecule has 0 saturated heterocycles. The van der Waals surface area contributed by atoms with E-state index in [1.807, 2.05) is 5.32 Å². The smallest absolute Gasteiger partial charge is 0.322 e. The van der Waals surface area contributed by atoms with Gasteiger partial charge in [-0.2, -0.15) is 0 Å². The van der Waals surface area contributed by atoms with Gasteiger partial charge < -0.3 is 20.8 Å². The number of carbonyl (C=O) groups is 4. The molecule has 0 radical (unpaired) electrons. The highest BCUT2D eigenvalue weighted by molar-refractivity contribution is 5.91. The molecule has 0 saturated carbocycles. The highest BCUT2D eigenvalue weighted by Crippen LogP contribution is 1.92. The Bertz CT molecular complexity index is 298. The zero-order chi connectivity index (χ0) is 12.7. The monoisotopic (exact) mass is 232 g/mol. The van der Waals surface area contributed by atoms with Crippen molar-refractivity contribution in [3.63, 3.8) is 0 Å². The Morgan fingerprint density at radius 1 is 1.12 bits per heavy atom. The van der Waals surface area contributed by atoms with E-state index in [1.54, 1.807) is 0 Å². The van der Waals surface area contributed by atoms with Crippen LogP contribution in [0.5, 0.6) is 0 Å². The second-order valence-corrected chi connectivity index (χ2v) is 2.96. The van der Waals surface area contributed by atoms with Gasteiger partial charge in [-0.3, -0.25) is 19.2 Å². The predicted molar refractivity (Wildman–Crippen MR) is 50.5 cm³/mol. The van der Waals surface area contributed by atoms with Crippen molar-refractivity contribution in [3.05, 3.63) is 0 Å². The molecule has 0 rings (SSSR count). The summed E-state index contributed by atoms with van der Waals surface area (Å²) in [6.07, 6.45) is -0.606. The van der Waals surface area contributed by atoms with Crippen LogP contribution in [0.3, 0.4) is 0 Å². The fourth-order valence-corrected chi connectivity index (χ4v) is 0.915. The van der Waals surface area contributed by atoms with E-state index >= 15 is 0 Å². The number of aliphatic carboxylic acids is 2. The molecule has 0 unspecified atom stereocenters. The topological polar surface area (TPSA) is 133 Å². The van der Waals surface area contributed by atoms with Gasteiger partial charge in [0, 0.05) is 6.92 Å². The first kappa shape index (κ1) is 13.9. The Labute approximate surface area is 90.6 Å². The van der Waals surface area contributed by atoms with E-state index in [2.05, 4.69) is 5.32 Å². The first-order valence-electron chi connectivity index (χ1n) is 4.31. The van der Waals surface area contributed by atoms with Crippen LogP contribution in [0.2, 0.25) is 0 Å². The SMILES string of the molecule is CC(=O)N[C@@H](CC(=O)O)C(=O)NCC(=O)O. The number of nitrogens with one attached hydrogen (secondary N) is 2. The molecule has 4 N–H and O–H groups in total. The first-order valence-corrected chi connectivity index (χ1v) is 4.31. The summed E-state index contributed by atoms with van der Waals surface area (Å²) in [6, 6.07) is -1.27. The van der Waals surface area contributed by atoms with Crippen molar-refractivity contribution in [1.29, 1.82) is 0 Å². The van der Waals surface area contributed by atoms with E-state index < -0.39 is 42.8 Å². The molecule has 0 heterocycles. The van der Waals surface area contributed by atoms with E-state index in [0.29, 0.717) is 0 Å². The number of hydrogen-bond acceptors (Lipinski definition) is 4. The fourth-order valence-electron chi connectivity index (χ4n) is 0.915. The summed E-state index contributed by atoms with van der Waals surface area (Å²) in [5, 5.41) is 20.9. The normalized spacial score (nSPS) is 11.3. The van der Waals surface area contributed by atoms with Crippen LogP contribution in [0.15, 0.2) is 0 Å². The van der Waals surface area contributed by atoms with Crippen LogP contribution in [-0.2, 0) is 19.2 Å². The van der Waals surface area contributed by atoms with E-state index in [1.165, 1.54) is 0 Å². The minimum atomic E-state index is -1.27. The van der Waals surface area contributed by atoms with Crippen LogP contribution in [0.25, 0.3) is 0 Å². The van der Waals surface area contributed by atoms with Gasteiger partial charge in [0.05, 0.1) is 6.42 Å². The standard InChI is InChI=1S/C8H12N2O6/c1-4(11)10-5(2-6(12)13)8(16)9-3-7(14)15/h5H,2-3H2,1H3,(H,9,16)(H,10,11)(H,12,13)(H,14,15)/t5-/m0/s1. The summed E-state index contributed by atoms with van der Waals surface area (Å²) >= 11 is 0. The average Bonchev–Trinajstić information content (AvgIpc) is 2.11. The molecule has 0 spiro atoms. The zero-order valence-electron chi connectivity index (χ0n) is 8.52. The summed E-state index contributed by atoms with van der Waals surface area (Å²) < 4.78 is 0. The summed E-state index contributed by atoms with van der Waals surface area (Å²) in [5.41, 5.74) is 0. The Balaban J connectivity index is 4.36. The van der Waals surface area contributed by atoms with E-state index in [-0.39, 0.29) is 0 Å². The lowest BCUT2D eigenvalue weighted by Crippen LogP contribution is -2.48. The Morgan fingerprint density at radius 3 is 2.06 bits per heavy atom. The minimum Gasteiger partial charge on any atom is -0.481 e. The molecule has 2 amide bonds. The third kappa shape index (κ3) is 6.35. The molecule has 90 valence electrons. The van der Waals surface area contributed by atoms with Gasteiger partial charge in [0.25, 0.3) is 0 Å². The maximum Gasteiger partial charge on any atom is 0.322 e. The number of carboxylic acids is 2. The Kier molecular flexibility index (Phi) is 5.53. The lowest BCUT2D eigenvalue weighted by Gasteiger charge is -2.14. The van der Waals surface area contributed by atoms with E-state index in [0.717, 1.165) is 6.92 Å². The van der Waals surface area contributed by atoms with Gasteiger partial charge >= 0.3 is 11.9 Å². The van der Waals surface area contributed by atoms with Crippen LogP contribution in [0.1, 0.15) is 13.3 Å². The fraction of sp³-hybridized carbons (Fsp3) is 0.500. The third-order valence-electron chi connectivity index (χ3n) is 1.49. The number of carboxylic acid groups (broad SMARTS) is 2. The van der Waals surface area contributed by atoms with Crippen molar-refractivity contribution in [3.8, 4) is 0 Å². The minimum absolute atomic E-state index is 0.572. The molecule has 16 heavy (non-hydrogen) atoms. The quantitative estimate of drug-likeness (QED) is 0.425. The number of rotatable bonds is 6. The highest BCUT2D eigenvalue weighted by Gasteiger charge is 2.22. The summed E-state index contributed by atoms with van der Waals surface area (Å²) in [4.78, 5) is 42.5. The van der Waals surface area contributed by atoms with Crippen molar-refractivity contribution < 1.29 is 29.4 Å². The van der Waals surface area contributed by atoms with Crippen molar-refractivity contribution in [2.24, 2.45) is 0 Å². The molecule has 1 atom stereocenters. The lowest BCUT2D eigenvalue weighted by atomic mass is 10.2. The number of carbonyl (C=O) groups excluding carboxylic acids is 2. The van der Waals surface area contributed by atoms with Crippen molar-refractivity contribution >= 4 is 23.8 Å². The second kappa shape index (κ2) is 6.38. The molecule has 0 aliphatic heterocycles. The van der Waals surface area contributed by atoms with Gasteiger partial charge in [0.1, 0.15) is 12.6 Å². The highest BCUT2D eigenvalue weighted by atomic mass is 16.4. The van der Waals surface area contributed by atoms with Crippen LogP contribution < -0.4 is 10.6 Å². The number of hydrogen-bond donors (Lipinski definition) is 4. The first-order chi connectivity index (χ1) is 7.32. The van der Waals surface area contributed by atoms with Crippen molar-refractivity contribution in [2.75, 3.05) is 6.54 Å². The molecule has 0 aromatic carbocycles. The van der Waals surface area contributed by atoms with Crippen LogP contribution in [-0.4, -0.2) is 46.6 Å².